The quantitative estimate of drug-likeness (QED) is 0.411. The van der Waals surface area contributed by atoms with E-state index >= 15 is 0 Å². The van der Waals surface area contributed by atoms with Crippen molar-refractivity contribution in [3.8, 4) is 5.69 Å². The molecular weight excluding hydrogens is 472 g/mol. The minimum Gasteiger partial charge on any atom is -0.459 e. The second-order valence-electron chi connectivity index (χ2n) is 9.05. The van der Waals surface area contributed by atoms with E-state index in [1.54, 1.807) is 48.4 Å². The zero-order valence-corrected chi connectivity index (χ0v) is 20.8. The molecule has 2 unspecified atom stereocenters. The van der Waals surface area contributed by atoms with Crippen LogP contribution in [-0.2, 0) is 4.79 Å². The van der Waals surface area contributed by atoms with Crippen molar-refractivity contribution in [3.05, 3.63) is 73.1 Å². The summed E-state index contributed by atoms with van der Waals surface area (Å²) in [7, 11) is 0. The van der Waals surface area contributed by atoms with Crippen molar-refractivity contribution in [2.75, 3.05) is 28.6 Å². The summed E-state index contributed by atoms with van der Waals surface area (Å²) in [6.45, 7) is 7.16. The van der Waals surface area contributed by atoms with Crippen molar-refractivity contribution in [2.24, 2.45) is 0 Å². The Labute approximate surface area is 214 Å². The summed E-state index contributed by atoms with van der Waals surface area (Å²) >= 11 is 0. The van der Waals surface area contributed by atoms with E-state index in [4.69, 9.17) is 4.42 Å². The van der Waals surface area contributed by atoms with Gasteiger partial charge in [-0.2, -0.15) is 4.98 Å². The summed E-state index contributed by atoms with van der Waals surface area (Å²) in [6.07, 6.45) is 4.85. The number of carbonyl (C=O) groups is 2. The van der Waals surface area contributed by atoms with Gasteiger partial charge in [0, 0.05) is 55.7 Å². The van der Waals surface area contributed by atoms with Crippen molar-refractivity contribution in [3.63, 3.8) is 0 Å². The van der Waals surface area contributed by atoms with E-state index in [0.29, 0.717) is 24.7 Å². The Morgan fingerprint density at radius 3 is 2.41 bits per heavy atom. The molecule has 0 aliphatic carbocycles. The lowest BCUT2D eigenvalue weighted by atomic mass is 10.1. The fourth-order valence-electron chi connectivity index (χ4n) is 4.66. The largest absolute Gasteiger partial charge is 0.459 e. The summed E-state index contributed by atoms with van der Waals surface area (Å²) in [5, 5.41) is 10.5. The van der Waals surface area contributed by atoms with Gasteiger partial charge in [-0.25, -0.2) is 9.67 Å². The maximum Gasteiger partial charge on any atom is 0.291 e. The second kappa shape index (κ2) is 10.1. The predicted molar refractivity (Wildman–Crippen MR) is 139 cm³/mol. The molecule has 3 aromatic heterocycles. The lowest BCUT2D eigenvalue weighted by Gasteiger charge is -2.44. The highest BCUT2D eigenvalue weighted by Crippen LogP contribution is 2.23. The minimum atomic E-state index is -0.313. The normalized spacial score (nSPS) is 17.5. The summed E-state index contributed by atoms with van der Waals surface area (Å²) in [5.74, 6) is 1.29. The first-order valence-corrected chi connectivity index (χ1v) is 12.0. The molecule has 1 saturated heterocycles. The van der Waals surface area contributed by atoms with Gasteiger partial charge in [0.2, 0.25) is 11.9 Å². The third-order valence-corrected chi connectivity index (χ3v) is 6.24. The van der Waals surface area contributed by atoms with Crippen LogP contribution in [0.2, 0.25) is 0 Å². The monoisotopic (exact) mass is 500 g/mol. The van der Waals surface area contributed by atoms with Crippen LogP contribution in [0.1, 0.15) is 31.3 Å². The van der Waals surface area contributed by atoms with Gasteiger partial charge < -0.3 is 24.9 Å². The molecule has 2 atom stereocenters. The molecular formula is C26H28N8O3. The van der Waals surface area contributed by atoms with Gasteiger partial charge in [0.05, 0.1) is 12.0 Å². The first kappa shape index (κ1) is 24.0. The van der Waals surface area contributed by atoms with Crippen LogP contribution in [-0.4, -0.2) is 61.6 Å². The maximum absolute atomic E-state index is 12.1. The van der Waals surface area contributed by atoms with Gasteiger partial charge in [-0.3, -0.25) is 9.59 Å². The van der Waals surface area contributed by atoms with E-state index in [0.717, 1.165) is 17.2 Å². The van der Waals surface area contributed by atoms with E-state index in [1.807, 2.05) is 29.2 Å². The van der Waals surface area contributed by atoms with Crippen molar-refractivity contribution in [1.29, 1.82) is 0 Å². The number of aromatic nitrogens is 4. The maximum atomic E-state index is 12.1. The lowest BCUT2D eigenvalue weighted by molar-refractivity contribution is -0.133. The minimum absolute atomic E-state index is 0.0947. The Hall–Kier alpha value is -4.67. The van der Waals surface area contributed by atoms with Gasteiger partial charge >= 0.3 is 0 Å². The number of hydrogen-bond donors (Lipinski definition) is 2. The molecule has 1 fully saturated rings. The number of nitrogens with one attached hydrogen (secondary N) is 2. The summed E-state index contributed by atoms with van der Waals surface area (Å²) < 4.78 is 6.79. The summed E-state index contributed by atoms with van der Waals surface area (Å²) in [6, 6.07) is 14.5. The number of benzene rings is 1. The Morgan fingerprint density at radius 1 is 1.00 bits per heavy atom. The molecule has 0 radical (unpaired) electrons. The Morgan fingerprint density at radius 2 is 1.73 bits per heavy atom. The van der Waals surface area contributed by atoms with E-state index in [2.05, 4.69) is 44.4 Å². The smallest absolute Gasteiger partial charge is 0.291 e. The van der Waals surface area contributed by atoms with Crippen LogP contribution in [0, 0.1) is 0 Å². The third kappa shape index (κ3) is 5.30. The summed E-state index contributed by atoms with van der Waals surface area (Å²) in [4.78, 5) is 37.2. The molecule has 5 rings (SSSR count). The topological polar surface area (TPSA) is 121 Å². The van der Waals surface area contributed by atoms with Crippen molar-refractivity contribution >= 4 is 35.0 Å². The van der Waals surface area contributed by atoms with Crippen molar-refractivity contribution < 1.29 is 14.0 Å². The predicted octanol–water partition coefficient (Wildman–Crippen LogP) is 3.70. The number of rotatable bonds is 6. The Balaban J connectivity index is 1.24. The Bertz CT molecular complexity index is 1370. The van der Waals surface area contributed by atoms with Crippen LogP contribution in [0.15, 0.2) is 71.7 Å². The van der Waals surface area contributed by atoms with E-state index in [9.17, 15) is 9.59 Å². The molecule has 0 saturated carbocycles. The molecule has 1 aromatic carbocycles. The fraction of sp³-hybridized carbons (Fsp3) is 0.269. The second-order valence-corrected chi connectivity index (χ2v) is 9.05. The average molecular weight is 501 g/mol. The Kier molecular flexibility index (Phi) is 6.59. The number of piperazine rings is 1. The van der Waals surface area contributed by atoms with Crippen LogP contribution >= 0.6 is 0 Å². The molecule has 1 aliphatic rings. The van der Waals surface area contributed by atoms with Gasteiger partial charge in [-0.15, -0.1) is 5.10 Å². The number of nitrogens with zero attached hydrogens (tertiary/aromatic N) is 6. The highest BCUT2D eigenvalue weighted by Gasteiger charge is 2.31. The summed E-state index contributed by atoms with van der Waals surface area (Å²) in [5.41, 5.74) is 2.24. The van der Waals surface area contributed by atoms with E-state index in [-0.39, 0.29) is 29.7 Å². The molecule has 11 nitrogen and oxygen atoms in total. The van der Waals surface area contributed by atoms with Gasteiger partial charge in [0.15, 0.2) is 5.76 Å². The molecule has 4 heterocycles. The number of furan rings is 1. The first-order valence-electron chi connectivity index (χ1n) is 12.0. The molecule has 2 N–H and O–H groups in total. The van der Waals surface area contributed by atoms with E-state index in [1.165, 1.54) is 6.26 Å². The third-order valence-electron chi connectivity index (χ3n) is 6.24. The van der Waals surface area contributed by atoms with Crippen molar-refractivity contribution in [1.82, 2.24) is 24.6 Å². The molecule has 4 aromatic rings. The molecule has 0 spiro atoms. The molecule has 2 amide bonds. The van der Waals surface area contributed by atoms with Crippen LogP contribution in [0.25, 0.3) is 5.69 Å². The van der Waals surface area contributed by atoms with Gasteiger partial charge in [0.25, 0.3) is 5.91 Å². The number of hydrogen-bond acceptors (Lipinski definition) is 8. The average Bonchev–Trinajstić information content (AvgIpc) is 3.57. The number of carbonyl (C=O) groups excluding carboxylic acids is 2. The standard InChI is InChI=1S/C26H28N8O3/c1-17-14-32(15-18(2)34(17)19(3)35)24-13-22(10-11-27-24)33-16-28-26(31-33)30-21-8-6-20(7-9-21)29-25(36)23-5-4-12-37-23/h4-13,16-18H,14-15H2,1-3H3,(H,29,36)(H,30,31). The van der Waals surface area contributed by atoms with Crippen LogP contribution in [0.3, 0.4) is 0 Å². The van der Waals surface area contributed by atoms with Crippen LogP contribution in [0.4, 0.5) is 23.1 Å². The van der Waals surface area contributed by atoms with Crippen molar-refractivity contribution in [2.45, 2.75) is 32.9 Å². The van der Waals surface area contributed by atoms with Gasteiger partial charge in [-0.05, 0) is 56.3 Å². The SMILES string of the molecule is CC(=O)N1C(C)CN(c2cc(-n3cnc(Nc4ccc(NC(=O)c5ccco5)cc4)n3)ccn2)CC1C. The van der Waals surface area contributed by atoms with Gasteiger partial charge in [-0.1, -0.05) is 0 Å². The molecule has 0 bridgehead atoms. The number of amides is 2. The van der Waals surface area contributed by atoms with E-state index < -0.39 is 0 Å². The molecule has 11 heteroatoms. The number of pyridine rings is 1. The fourth-order valence-corrected chi connectivity index (χ4v) is 4.66. The zero-order valence-electron chi connectivity index (χ0n) is 20.8. The molecule has 190 valence electrons. The van der Waals surface area contributed by atoms with Gasteiger partial charge in [0.1, 0.15) is 12.1 Å². The number of anilines is 4. The highest BCUT2D eigenvalue weighted by atomic mass is 16.3. The first-order chi connectivity index (χ1) is 17.9. The lowest BCUT2D eigenvalue weighted by Crippen LogP contribution is -2.58. The highest BCUT2D eigenvalue weighted by molar-refractivity contribution is 6.02. The van der Waals surface area contributed by atoms with Crippen LogP contribution < -0.4 is 15.5 Å². The van der Waals surface area contributed by atoms with Crippen LogP contribution in [0.5, 0.6) is 0 Å². The zero-order chi connectivity index (χ0) is 25.9. The molecule has 37 heavy (non-hydrogen) atoms. The molecule has 1 aliphatic heterocycles.